The van der Waals surface area contributed by atoms with E-state index >= 15 is 0 Å². The van der Waals surface area contributed by atoms with Crippen LogP contribution >= 0.6 is 0 Å². The highest BCUT2D eigenvalue weighted by Gasteiger charge is 2.44. The van der Waals surface area contributed by atoms with Crippen LogP contribution in [0.5, 0.6) is 0 Å². The van der Waals surface area contributed by atoms with Gasteiger partial charge in [0.25, 0.3) is 0 Å². The van der Waals surface area contributed by atoms with Crippen molar-refractivity contribution in [2.24, 2.45) is 0 Å². The molecule has 12 heteroatoms. The van der Waals surface area contributed by atoms with E-state index in [9.17, 15) is 45.6 Å². The third-order valence-electron chi connectivity index (χ3n) is 10.7. The molecule has 10 unspecified atom stereocenters. The fourth-order valence-electron chi connectivity index (χ4n) is 6.88. The Morgan fingerprint density at radius 2 is 1.20 bits per heavy atom. The van der Waals surface area contributed by atoms with Crippen LogP contribution in [-0.4, -0.2) is 121 Å². The molecule has 1 rings (SSSR count). The number of aliphatic hydroxyl groups is 8. The summed E-state index contributed by atoms with van der Waals surface area (Å²) in [6.07, 6.45) is 17.1. The molecule has 10 atom stereocenters. The summed E-state index contributed by atoms with van der Waals surface area (Å²) in [5.41, 5.74) is 0.667. The van der Waals surface area contributed by atoms with E-state index in [-0.39, 0.29) is 6.42 Å². The van der Waals surface area contributed by atoms with Crippen molar-refractivity contribution in [3.8, 4) is 0 Å². The number of allylic oxidation sites excluding steroid dienone is 1. The van der Waals surface area contributed by atoms with Gasteiger partial charge in [-0.25, -0.2) is 0 Å². The first-order valence-electron chi connectivity index (χ1n) is 21.8. The number of nitrogens with one attached hydrogen (secondary N) is 1. The molecule has 12 nitrogen and oxygen atoms in total. The lowest BCUT2D eigenvalue weighted by atomic mass is 9.99. The van der Waals surface area contributed by atoms with Crippen LogP contribution in [-0.2, 0) is 14.3 Å². The highest BCUT2D eigenvalue weighted by atomic mass is 16.7. The first-order valence-corrected chi connectivity index (χ1v) is 21.8. The van der Waals surface area contributed by atoms with Crippen LogP contribution < -0.4 is 5.32 Å². The number of hydrogen-bond acceptors (Lipinski definition) is 11. The van der Waals surface area contributed by atoms with Crippen LogP contribution in [0.3, 0.4) is 0 Å². The molecule has 0 aliphatic carbocycles. The monoisotopic (exact) mass is 788 g/mol. The van der Waals surface area contributed by atoms with Gasteiger partial charge in [-0.15, -0.1) is 0 Å². The molecule has 9 N–H and O–H groups in total. The standard InChI is InChI=1S/C43H81NO11/c1-4-6-8-10-11-12-13-14-15-16-17-18-20-22-28-37(49)42(53)44-34(31-54-43-41(52)40(51)39(50)38(30-45)55-43)36(48)27-24-23-26-35(47)32(3)29-33(46)25-21-19-9-7-5-2/h24,27,29,33-41,43,45-52H,4-23,25-26,28,30-31H2,1-3H3,(H,44,53). The maximum absolute atomic E-state index is 13.0. The fourth-order valence-corrected chi connectivity index (χ4v) is 6.88. The molecule has 0 aromatic heterocycles. The van der Waals surface area contributed by atoms with Crippen molar-refractivity contribution >= 4 is 5.91 Å². The van der Waals surface area contributed by atoms with Crippen LogP contribution in [0.2, 0.25) is 0 Å². The molecular formula is C43H81NO11. The molecule has 55 heavy (non-hydrogen) atoms. The predicted molar refractivity (Wildman–Crippen MR) is 216 cm³/mol. The molecule has 1 saturated heterocycles. The van der Waals surface area contributed by atoms with E-state index in [1.807, 2.05) is 0 Å². The van der Waals surface area contributed by atoms with Crippen molar-refractivity contribution in [3.05, 3.63) is 23.8 Å². The van der Waals surface area contributed by atoms with E-state index in [0.29, 0.717) is 31.3 Å². The average molecular weight is 788 g/mol. The third-order valence-corrected chi connectivity index (χ3v) is 10.7. The average Bonchev–Trinajstić information content (AvgIpc) is 3.17. The minimum Gasteiger partial charge on any atom is -0.394 e. The van der Waals surface area contributed by atoms with Gasteiger partial charge < -0.3 is 55.6 Å². The zero-order chi connectivity index (χ0) is 40.8. The van der Waals surface area contributed by atoms with E-state index in [2.05, 4.69) is 19.2 Å². The summed E-state index contributed by atoms with van der Waals surface area (Å²) >= 11 is 0. The Hall–Kier alpha value is -1.45. The Morgan fingerprint density at radius 3 is 1.73 bits per heavy atom. The molecule has 324 valence electrons. The molecule has 1 aliphatic heterocycles. The Kier molecular flexibility index (Phi) is 30.5. The summed E-state index contributed by atoms with van der Waals surface area (Å²) in [5.74, 6) is -0.690. The summed E-state index contributed by atoms with van der Waals surface area (Å²) < 4.78 is 11.1. The SMILES string of the molecule is CCCCCCCCCCCCCCCCC(O)C(=O)NC(COC1OC(CO)C(O)C(O)C1O)C(O)C=CCCC(O)C(C)=CC(O)CCCCCCC. The van der Waals surface area contributed by atoms with Crippen LogP contribution in [0.15, 0.2) is 23.8 Å². The second-order valence-corrected chi connectivity index (χ2v) is 15.7. The number of ether oxygens (including phenoxy) is 2. The number of hydrogen-bond donors (Lipinski definition) is 9. The van der Waals surface area contributed by atoms with Gasteiger partial charge in [0.05, 0.1) is 37.6 Å². The molecule has 0 radical (unpaired) electrons. The van der Waals surface area contributed by atoms with Gasteiger partial charge in [-0.3, -0.25) is 4.79 Å². The van der Waals surface area contributed by atoms with E-state index in [1.54, 1.807) is 19.1 Å². The predicted octanol–water partition coefficient (Wildman–Crippen LogP) is 5.25. The van der Waals surface area contributed by atoms with Crippen molar-refractivity contribution in [3.63, 3.8) is 0 Å². The minimum atomic E-state index is -1.66. The molecular weight excluding hydrogens is 706 g/mol. The molecule has 0 bridgehead atoms. The Balaban J connectivity index is 2.63. The summed E-state index contributed by atoms with van der Waals surface area (Å²) in [4.78, 5) is 13.0. The lowest BCUT2D eigenvalue weighted by Crippen LogP contribution is -2.60. The van der Waals surface area contributed by atoms with E-state index in [4.69, 9.17) is 9.47 Å². The molecule has 0 aromatic rings. The van der Waals surface area contributed by atoms with Crippen molar-refractivity contribution in [1.82, 2.24) is 5.32 Å². The first-order chi connectivity index (χ1) is 26.5. The molecule has 1 heterocycles. The van der Waals surface area contributed by atoms with Crippen LogP contribution in [0.1, 0.15) is 168 Å². The topological polar surface area (TPSA) is 209 Å². The lowest BCUT2D eigenvalue weighted by Gasteiger charge is -2.40. The largest absolute Gasteiger partial charge is 0.394 e. The van der Waals surface area contributed by atoms with E-state index in [1.165, 1.54) is 76.7 Å². The second-order valence-electron chi connectivity index (χ2n) is 15.7. The number of carbonyl (C=O) groups is 1. The highest BCUT2D eigenvalue weighted by molar-refractivity contribution is 5.80. The summed E-state index contributed by atoms with van der Waals surface area (Å²) in [6.45, 7) is 5.13. The van der Waals surface area contributed by atoms with Gasteiger partial charge in [0.15, 0.2) is 6.29 Å². The van der Waals surface area contributed by atoms with Gasteiger partial charge in [-0.05, 0) is 38.2 Å². The zero-order valence-corrected chi connectivity index (χ0v) is 34.5. The normalized spacial score (nSPS) is 23.5. The second kappa shape index (κ2) is 32.5. The van der Waals surface area contributed by atoms with Gasteiger partial charge in [0, 0.05) is 0 Å². The van der Waals surface area contributed by atoms with Crippen molar-refractivity contribution < 1.29 is 55.1 Å². The molecule has 0 aromatic carbocycles. The molecule has 0 spiro atoms. The summed E-state index contributed by atoms with van der Waals surface area (Å²) in [5, 5.41) is 85.5. The fraction of sp³-hybridized carbons (Fsp3) is 0.884. The quantitative estimate of drug-likeness (QED) is 0.0304. The van der Waals surface area contributed by atoms with Gasteiger partial charge >= 0.3 is 0 Å². The van der Waals surface area contributed by atoms with Crippen LogP contribution in [0, 0.1) is 0 Å². The molecule has 0 saturated carbocycles. The maximum Gasteiger partial charge on any atom is 0.249 e. The van der Waals surface area contributed by atoms with Gasteiger partial charge in [-0.1, -0.05) is 154 Å². The zero-order valence-electron chi connectivity index (χ0n) is 34.5. The van der Waals surface area contributed by atoms with Gasteiger partial charge in [-0.2, -0.15) is 0 Å². The smallest absolute Gasteiger partial charge is 0.249 e. The van der Waals surface area contributed by atoms with E-state index < -0.39 is 80.3 Å². The van der Waals surface area contributed by atoms with Crippen molar-refractivity contribution in [1.29, 1.82) is 0 Å². The first kappa shape index (κ1) is 51.6. The van der Waals surface area contributed by atoms with Gasteiger partial charge in [0.1, 0.15) is 30.5 Å². The molecule has 1 fully saturated rings. The number of rotatable bonds is 34. The number of carbonyl (C=O) groups excluding carboxylic acids is 1. The molecule has 1 aliphatic rings. The van der Waals surface area contributed by atoms with Crippen LogP contribution in [0.25, 0.3) is 0 Å². The highest BCUT2D eigenvalue weighted by Crippen LogP contribution is 2.23. The van der Waals surface area contributed by atoms with Crippen molar-refractivity contribution in [2.75, 3.05) is 13.2 Å². The maximum atomic E-state index is 13.0. The third kappa shape index (κ3) is 23.5. The van der Waals surface area contributed by atoms with Gasteiger partial charge in [0.2, 0.25) is 5.91 Å². The van der Waals surface area contributed by atoms with Crippen LogP contribution in [0.4, 0.5) is 0 Å². The Morgan fingerprint density at radius 1 is 0.691 bits per heavy atom. The minimum absolute atomic E-state index is 0.258. The Bertz CT molecular complexity index is 996. The lowest BCUT2D eigenvalue weighted by molar-refractivity contribution is -0.302. The number of unbranched alkanes of at least 4 members (excludes halogenated alkanes) is 17. The number of aliphatic hydroxyl groups excluding tert-OH is 8. The number of amides is 1. The summed E-state index contributed by atoms with van der Waals surface area (Å²) in [7, 11) is 0. The summed E-state index contributed by atoms with van der Waals surface area (Å²) in [6, 6.07) is -1.10. The van der Waals surface area contributed by atoms with E-state index in [0.717, 1.165) is 44.9 Å². The Labute approximate surface area is 332 Å². The molecule has 1 amide bonds. The van der Waals surface area contributed by atoms with Crippen molar-refractivity contribution in [2.45, 2.75) is 230 Å².